The maximum absolute atomic E-state index is 13.7. The summed E-state index contributed by atoms with van der Waals surface area (Å²) in [5.74, 6) is 0.809. The van der Waals surface area contributed by atoms with Crippen LogP contribution in [0.5, 0.6) is 5.75 Å². The standard InChI is InChI=1S/C27H26N2O3S/c1-2-32-24-10-8-9-23(19-24)22-16-14-21(15-17-22)20-27(28,26-13-6-7-18-29-26)33(30,31)25-11-4-3-5-12-25/h3-19H,2,20,28H2,1H3. The molecular formula is C27H26N2O3S. The van der Waals surface area contributed by atoms with Crippen LogP contribution in [0, 0.1) is 0 Å². The molecule has 33 heavy (non-hydrogen) atoms. The third kappa shape index (κ3) is 4.67. The molecule has 2 N–H and O–H groups in total. The number of ether oxygens (including phenoxy) is 1. The van der Waals surface area contributed by atoms with Gasteiger partial charge in [0.15, 0.2) is 4.87 Å². The van der Waals surface area contributed by atoms with Gasteiger partial charge in [-0.3, -0.25) is 4.98 Å². The van der Waals surface area contributed by atoms with Crippen molar-refractivity contribution in [3.8, 4) is 16.9 Å². The molecule has 168 valence electrons. The predicted molar refractivity (Wildman–Crippen MR) is 130 cm³/mol. The molecule has 4 rings (SSSR count). The molecule has 4 aromatic rings. The van der Waals surface area contributed by atoms with Gasteiger partial charge in [0.05, 0.1) is 17.2 Å². The lowest BCUT2D eigenvalue weighted by Gasteiger charge is -2.29. The number of rotatable bonds is 8. The van der Waals surface area contributed by atoms with Gasteiger partial charge in [-0.05, 0) is 60.0 Å². The van der Waals surface area contributed by atoms with Crippen LogP contribution in [0.15, 0.2) is 108 Å². The molecule has 1 unspecified atom stereocenters. The van der Waals surface area contributed by atoms with Crippen molar-refractivity contribution in [3.63, 3.8) is 0 Å². The summed E-state index contributed by atoms with van der Waals surface area (Å²) in [4.78, 5) is 2.77. The van der Waals surface area contributed by atoms with Crippen LogP contribution in [-0.2, 0) is 21.1 Å². The molecule has 0 spiro atoms. The van der Waals surface area contributed by atoms with Crippen molar-refractivity contribution >= 4 is 9.84 Å². The van der Waals surface area contributed by atoms with Gasteiger partial charge in [-0.1, -0.05) is 60.7 Å². The van der Waals surface area contributed by atoms with Crippen LogP contribution in [0.25, 0.3) is 11.1 Å². The molecule has 0 aliphatic carbocycles. The van der Waals surface area contributed by atoms with Gasteiger partial charge in [-0.25, -0.2) is 8.42 Å². The molecule has 1 atom stereocenters. The number of benzene rings is 3. The maximum atomic E-state index is 13.7. The Hall–Kier alpha value is -3.48. The van der Waals surface area contributed by atoms with Gasteiger partial charge in [0.25, 0.3) is 0 Å². The molecule has 0 radical (unpaired) electrons. The fourth-order valence-corrected chi connectivity index (χ4v) is 5.49. The van der Waals surface area contributed by atoms with Gasteiger partial charge in [-0.2, -0.15) is 0 Å². The lowest BCUT2D eigenvalue weighted by atomic mass is 9.99. The third-order valence-corrected chi connectivity index (χ3v) is 7.74. The number of sulfone groups is 1. The third-order valence-electron chi connectivity index (χ3n) is 5.53. The molecule has 0 aliphatic rings. The molecule has 0 bridgehead atoms. The zero-order valence-corrected chi connectivity index (χ0v) is 19.2. The normalized spacial score (nSPS) is 13.3. The summed E-state index contributed by atoms with van der Waals surface area (Å²) in [5, 5.41) is 0. The van der Waals surface area contributed by atoms with Crippen LogP contribution in [0.4, 0.5) is 0 Å². The first-order valence-electron chi connectivity index (χ1n) is 10.8. The van der Waals surface area contributed by atoms with Gasteiger partial charge >= 0.3 is 0 Å². The minimum atomic E-state index is -3.93. The van der Waals surface area contributed by atoms with E-state index < -0.39 is 14.7 Å². The Balaban J connectivity index is 1.70. The second-order valence-electron chi connectivity index (χ2n) is 7.76. The Labute approximate surface area is 194 Å². The molecule has 1 aromatic heterocycles. The first kappa shape index (κ1) is 22.7. The largest absolute Gasteiger partial charge is 0.494 e. The second kappa shape index (κ2) is 9.57. The number of hydrogen-bond acceptors (Lipinski definition) is 5. The average molecular weight is 459 g/mol. The molecule has 0 fully saturated rings. The fraction of sp³-hybridized carbons (Fsp3) is 0.148. The number of aromatic nitrogens is 1. The maximum Gasteiger partial charge on any atom is 0.203 e. The van der Waals surface area contributed by atoms with Crippen LogP contribution in [-0.4, -0.2) is 20.0 Å². The molecule has 0 saturated carbocycles. The molecular weight excluding hydrogens is 432 g/mol. The Morgan fingerprint density at radius 1 is 0.848 bits per heavy atom. The molecule has 0 amide bonds. The van der Waals surface area contributed by atoms with Gasteiger partial charge < -0.3 is 10.5 Å². The van der Waals surface area contributed by atoms with Crippen LogP contribution in [0.2, 0.25) is 0 Å². The van der Waals surface area contributed by atoms with Gasteiger partial charge in [-0.15, -0.1) is 0 Å². The van der Waals surface area contributed by atoms with E-state index in [1.807, 2.05) is 55.5 Å². The zero-order chi connectivity index (χ0) is 23.3. The lowest BCUT2D eigenvalue weighted by Crippen LogP contribution is -2.47. The molecule has 5 nitrogen and oxygen atoms in total. The number of nitrogens with two attached hydrogens (primary N) is 1. The molecule has 3 aromatic carbocycles. The summed E-state index contributed by atoms with van der Waals surface area (Å²) in [6, 6.07) is 29.1. The Morgan fingerprint density at radius 3 is 2.24 bits per heavy atom. The lowest BCUT2D eigenvalue weighted by molar-refractivity contribution is 0.340. The smallest absolute Gasteiger partial charge is 0.203 e. The Kier molecular flexibility index (Phi) is 6.58. The van der Waals surface area contributed by atoms with Crippen LogP contribution in [0.1, 0.15) is 18.2 Å². The van der Waals surface area contributed by atoms with Gasteiger partial charge in [0, 0.05) is 12.6 Å². The minimum Gasteiger partial charge on any atom is -0.494 e. The minimum absolute atomic E-state index is 0.0838. The number of pyridine rings is 1. The summed E-state index contributed by atoms with van der Waals surface area (Å²) < 4.78 is 32.9. The van der Waals surface area contributed by atoms with E-state index in [-0.39, 0.29) is 11.3 Å². The topological polar surface area (TPSA) is 82.3 Å². The molecule has 0 aliphatic heterocycles. The van der Waals surface area contributed by atoms with Crippen molar-refractivity contribution < 1.29 is 13.2 Å². The fourth-order valence-electron chi connectivity index (χ4n) is 3.80. The van der Waals surface area contributed by atoms with Crippen LogP contribution in [0.3, 0.4) is 0 Å². The van der Waals surface area contributed by atoms with Crippen molar-refractivity contribution in [2.24, 2.45) is 5.73 Å². The molecule has 6 heteroatoms. The van der Waals surface area contributed by atoms with Crippen molar-refractivity contribution in [1.82, 2.24) is 4.98 Å². The summed E-state index contributed by atoms with van der Waals surface area (Å²) in [7, 11) is -3.93. The van der Waals surface area contributed by atoms with Gasteiger partial charge in [0.2, 0.25) is 9.84 Å². The van der Waals surface area contributed by atoms with Crippen LogP contribution >= 0.6 is 0 Å². The highest BCUT2D eigenvalue weighted by atomic mass is 32.2. The second-order valence-corrected chi connectivity index (χ2v) is 9.96. The van der Waals surface area contributed by atoms with E-state index in [1.54, 1.807) is 54.7 Å². The van der Waals surface area contributed by atoms with Gasteiger partial charge in [0.1, 0.15) is 5.75 Å². The Bertz CT molecular complexity index is 1310. The molecule has 0 saturated heterocycles. The first-order chi connectivity index (χ1) is 15.9. The first-order valence-corrected chi connectivity index (χ1v) is 12.2. The van der Waals surface area contributed by atoms with Crippen molar-refractivity contribution in [2.45, 2.75) is 23.1 Å². The Morgan fingerprint density at radius 2 is 1.58 bits per heavy atom. The van der Waals surface area contributed by atoms with Crippen LogP contribution < -0.4 is 10.5 Å². The number of nitrogens with zero attached hydrogens (tertiary/aromatic N) is 1. The quantitative estimate of drug-likeness (QED) is 0.403. The van der Waals surface area contributed by atoms with Crippen molar-refractivity contribution in [3.05, 3.63) is 115 Å². The van der Waals surface area contributed by atoms with E-state index >= 15 is 0 Å². The SMILES string of the molecule is CCOc1cccc(-c2ccc(CC(N)(c3ccccn3)S(=O)(=O)c3ccccc3)cc2)c1. The molecule has 1 heterocycles. The summed E-state index contributed by atoms with van der Waals surface area (Å²) in [6.07, 6.45) is 1.65. The van der Waals surface area contributed by atoms with Crippen molar-refractivity contribution in [1.29, 1.82) is 0 Å². The zero-order valence-electron chi connectivity index (χ0n) is 18.4. The van der Waals surface area contributed by atoms with E-state index in [0.29, 0.717) is 12.3 Å². The highest BCUT2D eigenvalue weighted by molar-refractivity contribution is 7.92. The van der Waals surface area contributed by atoms with E-state index in [0.717, 1.165) is 22.4 Å². The number of hydrogen-bond donors (Lipinski definition) is 1. The van der Waals surface area contributed by atoms with E-state index in [1.165, 1.54) is 0 Å². The summed E-state index contributed by atoms with van der Waals surface area (Å²) in [6.45, 7) is 2.55. The highest BCUT2D eigenvalue weighted by Crippen LogP contribution is 2.34. The highest BCUT2D eigenvalue weighted by Gasteiger charge is 2.44. The predicted octanol–water partition coefficient (Wildman–Crippen LogP) is 4.98. The summed E-state index contributed by atoms with van der Waals surface area (Å²) in [5.41, 5.74) is 9.83. The summed E-state index contributed by atoms with van der Waals surface area (Å²) >= 11 is 0. The average Bonchev–Trinajstić information content (AvgIpc) is 2.86. The van der Waals surface area contributed by atoms with E-state index in [4.69, 9.17) is 10.5 Å². The van der Waals surface area contributed by atoms with E-state index in [9.17, 15) is 8.42 Å². The van der Waals surface area contributed by atoms with E-state index in [2.05, 4.69) is 4.98 Å². The van der Waals surface area contributed by atoms with Crippen molar-refractivity contribution in [2.75, 3.05) is 6.61 Å². The monoisotopic (exact) mass is 458 g/mol.